The van der Waals surface area contributed by atoms with E-state index in [1.165, 1.54) is 12.1 Å². The number of halogens is 6. The van der Waals surface area contributed by atoms with Gasteiger partial charge in [-0.1, -0.05) is 6.07 Å². The predicted octanol–water partition coefficient (Wildman–Crippen LogP) is 3.23. The maximum Gasteiger partial charge on any atom is 0.416 e. The number of piperazine rings is 1. The van der Waals surface area contributed by atoms with Gasteiger partial charge in [0, 0.05) is 45.0 Å². The predicted molar refractivity (Wildman–Crippen MR) is 94.4 cm³/mol. The lowest BCUT2D eigenvalue weighted by atomic mass is 10.2. The minimum atomic E-state index is -4.45. The fraction of sp³-hybridized carbons (Fsp3) is 0.611. The van der Waals surface area contributed by atoms with Crippen LogP contribution in [0.1, 0.15) is 12.0 Å². The molecule has 1 fully saturated rings. The van der Waals surface area contributed by atoms with Crippen LogP contribution in [0, 0.1) is 0 Å². The number of alkyl halides is 6. The number of anilines is 1. The fourth-order valence-electron chi connectivity index (χ4n) is 2.89. The van der Waals surface area contributed by atoms with E-state index in [0.717, 1.165) is 12.1 Å². The van der Waals surface area contributed by atoms with Crippen molar-refractivity contribution in [3.05, 3.63) is 29.8 Å². The number of nitrogens with one attached hydrogen (secondary N) is 1. The molecule has 1 aliphatic rings. The molecule has 0 radical (unpaired) electrons. The summed E-state index contributed by atoms with van der Waals surface area (Å²) in [4.78, 5) is 15.9. The second kappa shape index (κ2) is 10.1. The van der Waals surface area contributed by atoms with Gasteiger partial charge in [0.2, 0.25) is 5.91 Å². The van der Waals surface area contributed by atoms with Crippen molar-refractivity contribution in [2.24, 2.45) is 0 Å². The molecule has 5 nitrogen and oxygen atoms in total. The maximum absolute atomic E-state index is 12.7. The van der Waals surface area contributed by atoms with Gasteiger partial charge in [-0.05, 0) is 24.6 Å². The van der Waals surface area contributed by atoms with E-state index >= 15 is 0 Å². The fourth-order valence-corrected chi connectivity index (χ4v) is 2.89. The summed E-state index contributed by atoms with van der Waals surface area (Å²) in [6, 6.07) is 4.64. The number of nitrogens with zero attached hydrogens (tertiary/aromatic N) is 2. The van der Waals surface area contributed by atoms with Crippen LogP contribution in [0.5, 0.6) is 0 Å². The molecule has 0 bridgehead atoms. The molecule has 1 aromatic rings. The van der Waals surface area contributed by atoms with Crippen LogP contribution in [0.2, 0.25) is 0 Å². The normalized spacial score (nSPS) is 16.1. The molecule has 0 atom stereocenters. The van der Waals surface area contributed by atoms with Gasteiger partial charge < -0.3 is 15.0 Å². The zero-order valence-corrected chi connectivity index (χ0v) is 15.7. The summed E-state index contributed by atoms with van der Waals surface area (Å²) in [5.74, 6) is -0.226. The summed E-state index contributed by atoms with van der Waals surface area (Å²) < 4.78 is 78.6. The molecule has 1 N–H and O–H groups in total. The van der Waals surface area contributed by atoms with Crippen molar-refractivity contribution in [1.82, 2.24) is 9.80 Å². The van der Waals surface area contributed by atoms with Crippen molar-refractivity contribution in [3.8, 4) is 0 Å². The average molecular weight is 427 g/mol. The Bertz CT molecular complexity index is 658. The largest absolute Gasteiger partial charge is 0.416 e. The molecule has 11 heteroatoms. The standard InChI is InChI=1S/C18H23F6N3O2/c19-17(20,21)13-29-10-2-5-26-6-8-27(9-7-26)16(28)12-25-15-4-1-3-14(11-15)18(22,23)24/h1,3-4,11,25H,2,5-10,12-13H2. The molecular formula is C18H23F6N3O2. The van der Waals surface area contributed by atoms with Crippen LogP contribution >= 0.6 is 0 Å². The maximum atomic E-state index is 12.7. The van der Waals surface area contributed by atoms with Crippen LogP contribution in [-0.2, 0) is 15.7 Å². The summed E-state index contributed by atoms with van der Waals surface area (Å²) in [6.45, 7) is 1.27. The van der Waals surface area contributed by atoms with E-state index in [1.54, 1.807) is 4.90 Å². The Morgan fingerprint density at radius 1 is 1.07 bits per heavy atom. The lowest BCUT2D eigenvalue weighted by molar-refractivity contribution is -0.174. The van der Waals surface area contributed by atoms with Crippen molar-refractivity contribution >= 4 is 11.6 Å². The first-order chi connectivity index (χ1) is 13.5. The molecule has 1 saturated heterocycles. The van der Waals surface area contributed by atoms with Crippen molar-refractivity contribution in [3.63, 3.8) is 0 Å². The second-order valence-electron chi connectivity index (χ2n) is 6.68. The summed E-state index contributed by atoms with van der Waals surface area (Å²) in [7, 11) is 0. The number of rotatable bonds is 8. The third-order valence-electron chi connectivity index (χ3n) is 4.39. The van der Waals surface area contributed by atoms with Gasteiger partial charge in [0.15, 0.2) is 0 Å². The van der Waals surface area contributed by atoms with E-state index in [-0.39, 0.29) is 24.7 Å². The van der Waals surface area contributed by atoms with E-state index in [0.29, 0.717) is 39.1 Å². The molecule has 0 aliphatic carbocycles. The number of amides is 1. The number of hydrogen-bond donors (Lipinski definition) is 1. The number of ether oxygens (including phenoxy) is 1. The van der Waals surface area contributed by atoms with E-state index in [2.05, 4.69) is 10.1 Å². The van der Waals surface area contributed by atoms with Gasteiger partial charge in [-0.2, -0.15) is 26.3 Å². The number of benzene rings is 1. The summed E-state index contributed by atoms with van der Waals surface area (Å²) >= 11 is 0. The number of hydrogen-bond acceptors (Lipinski definition) is 4. The molecule has 1 amide bonds. The summed E-state index contributed by atoms with van der Waals surface area (Å²) in [5, 5.41) is 2.71. The van der Waals surface area contributed by atoms with Gasteiger partial charge in [0.25, 0.3) is 0 Å². The highest BCUT2D eigenvalue weighted by Crippen LogP contribution is 2.30. The number of carbonyl (C=O) groups is 1. The Hall–Kier alpha value is -2.01. The molecule has 2 rings (SSSR count). The molecule has 0 spiro atoms. The van der Waals surface area contributed by atoms with Crippen LogP contribution in [0.15, 0.2) is 24.3 Å². The molecule has 1 heterocycles. The minimum absolute atomic E-state index is 0.0135. The van der Waals surface area contributed by atoms with E-state index in [9.17, 15) is 31.1 Å². The van der Waals surface area contributed by atoms with Gasteiger partial charge in [0.05, 0.1) is 12.1 Å². The van der Waals surface area contributed by atoms with Crippen LogP contribution < -0.4 is 5.32 Å². The van der Waals surface area contributed by atoms with E-state index < -0.39 is 24.5 Å². The molecule has 29 heavy (non-hydrogen) atoms. The third kappa shape index (κ3) is 8.48. The zero-order valence-electron chi connectivity index (χ0n) is 15.7. The third-order valence-corrected chi connectivity index (χ3v) is 4.39. The lowest BCUT2D eigenvalue weighted by Crippen LogP contribution is -2.50. The smallest absolute Gasteiger partial charge is 0.376 e. The van der Waals surface area contributed by atoms with E-state index in [1.807, 2.05) is 4.90 Å². The highest BCUT2D eigenvalue weighted by Gasteiger charge is 2.30. The molecule has 1 aromatic carbocycles. The quantitative estimate of drug-likeness (QED) is 0.511. The SMILES string of the molecule is O=C(CNc1cccc(C(F)(F)F)c1)N1CCN(CCCOCC(F)(F)F)CC1. The van der Waals surface area contributed by atoms with Crippen molar-refractivity contribution in [2.45, 2.75) is 18.8 Å². The Morgan fingerprint density at radius 3 is 2.38 bits per heavy atom. The van der Waals surface area contributed by atoms with Crippen LogP contribution in [0.25, 0.3) is 0 Å². The van der Waals surface area contributed by atoms with Crippen LogP contribution in [-0.4, -0.2) is 74.4 Å². The first-order valence-electron chi connectivity index (χ1n) is 9.10. The highest BCUT2D eigenvalue weighted by atomic mass is 19.4. The van der Waals surface area contributed by atoms with Crippen molar-refractivity contribution < 1.29 is 35.9 Å². The number of carbonyl (C=O) groups excluding carboxylic acids is 1. The Kier molecular flexibility index (Phi) is 8.14. The minimum Gasteiger partial charge on any atom is -0.376 e. The Balaban J connectivity index is 1.66. The molecule has 1 aliphatic heterocycles. The topological polar surface area (TPSA) is 44.8 Å². The van der Waals surface area contributed by atoms with Crippen LogP contribution in [0.4, 0.5) is 32.0 Å². The highest BCUT2D eigenvalue weighted by molar-refractivity contribution is 5.81. The summed E-state index contributed by atoms with van der Waals surface area (Å²) in [5.41, 5.74) is -0.576. The zero-order chi connectivity index (χ0) is 21.5. The average Bonchev–Trinajstić information content (AvgIpc) is 2.65. The van der Waals surface area contributed by atoms with Gasteiger partial charge in [-0.15, -0.1) is 0 Å². The molecule has 164 valence electrons. The van der Waals surface area contributed by atoms with E-state index in [4.69, 9.17) is 0 Å². The van der Waals surface area contributed by atoms with Crippen LogP contribution in [0.3, 0.4) is 0 Å². The van der Waals surface area contributed by atoms with Gasteiger partial charge >= 0.3 is 12.4 Å². The molecule has 0 unspecified atom stereocenters. The second-order valence-corrected chi connectivity index (χ2v) is 6.68. The van der Waals surface area contributed by atoms with Gasteiger partial charge in [0.1, 0.15) is 6.61 Å². The first kappa shape index (κ1) is 23.3. The monoisotopic (exact) mass is 427 g/mol. The van der Waals surface area contributed by atoms with Gasteiger partial charge in [-0.3, -0.25) is 9.69 Å². The molecule has 0 saturated carbocycles. The summed E-state index contributed by atoms with van der Waals surface area (Å²) in [6.07, 6.45) is -8.31. The molecule has 0 aromatic heterocycles. The Labute approximate surface area is 164 Å². The molecular weight excluding hydrogens is 404 g/mol. The van der Waals surface area contributed by atoms with Gasteiger partial charge in [-0.25, -0.2) is 0 Å². The Morgan fingerprint density at radius 2 is 1.76 bits per heavy atom. The lowest BCUT2D eigenvalue weighted by Gasteiger charge is -2.34. The van der Waals surface area contributed by atoms with Crippen molar-refractivity contribution in [2.75, 3.05) is 57.8 Å². The van der Waals surface area contributed by atoms with Crippen molar-refractivity contribution in [1.29, 1.82) is 0 Å². The first-order valence-corrected chi connectivity index (χ1v) is 9.10.